The molecular weight excluding hydrogens is 186 g/mol. The maximum absolute atomic E-state index is 11.4. The number of rotatable bonds is 0. The van der Waals surface area contributed by atoms with Gasteiger partial charge in [-0.1, -0.05) is 17.7 Å². The van der Waals surface area contributed by atoms with Crippen molar-refractivity contribution < 1.29 is 8.42 Å². The first kappa shape index (κ1) is 8.56. The molecule has 1 aromatic carbocycles. The first-order valence-electron chi connectivity index (χ1n) is 4.13. The molecule has 3 nitrogen and oxygen atoms in total. The lowest BCUT2D eigenvalue weighted by molar-refractivity contribution is 0.594. The average Bonchev–Trinajstić information content (AvgIpc) is 2.26. The molecule has 13 heavy (non-hydrogen) atoms. The van der Waals surface area contributed by atoms with E-state index in [1.54, 1.807) is 6.92 Å². The highest BCUT2D eigenvalue weighted by Crippen LogP contribution is 2.37. The Morgan fingerprint density at radius 2 is 2.08 bits per heavy atom. The summed E-state index contributed by atoms with van der Waals surface area (Å²) in [5, 5.41) is -0.428. The van der Waals surface area contributed by atoms with E-state index < -0.39 is 15.3 Å². The molecule has 0 saturated carbocycles. The molecule has 0 aromatic heterocycles. The Hall–Kier alpha value is -1.03. The summed E-state index contributed by atoms with van der Waals surface area (Å²) in [6, 6.07) is 5.63. The molecule has 0 aliphatic carbocycles. The largest absolute Gasteiger partial charge is 0.283 e. The summed E-state index contributed by atoms with van der Waals surface area (Å²) in [6.45, 7) is 3.66. The molecule has 1 aliphatic heterocycles. The SMILES string of the molecule is Cc1ccc2c(c1)[C@@H](C)S(=O)(=O)N2. The molecule has 0 radical (unpaired) electrons. The summed E-state index contributed by atoms with van der Waals surface area (Å²) in [7, 11) is -3.15. The number of nitrogens with one attached hydrogen (secondary N) is 1. The molecule has 0 amide bonds. The van der Waals surface area contributed by atoms with Crippen molar-refractivity contribution in [3.05, 3.63) is 29.3 Å². The number of fused-ring (bicyclic) bond motifs is 1. The van der Waals surface area contributed by atoms with Crippen molar-refractivity contribution in [2.24, 2.45) is 0 Å². The molecule has 1 heterocycles. The summed E-state index contributed by atoms with van der Waals surface area (Å²) in [5.74, 6) is 0. The quantitative estimate of drug-likeness (QED) is 0.689. The Bertz CT molecular complexity index is 451. The monoisotopic (exact) mass is 197 g/mol. The molecule has 70 valence electrons. The lowest BCUT2D eigenvalue weighted by Gasteiger charge is -2.01. The molecule has 1 aliphatic rings. The maximum Gasteiger partial charge on any atom is 0.239 e. The van der Waals surface area contributed by atoms with E-state index in [9.17, 15) is 8.42 Å². The summed E-state index contributed by atoms with van der Waals surface area (Å²) >= 11 is 0. The number of sulfonamides is 1. The first-order valence-corrected chi connectivity index (χ1v) is 5.67. The number of aryl methyl sites for hydroxylation is 1. The van der Waals surface area contributed by atoms with Gasteiger partial charge >= 0.3 is 0 Å². The molecule has 0 spiro atoms. The maximum atomic E-state index is 11.4. The van der Waals surface area contributed by atoms with Crippen LogP contribution in [0, 0.1) is 6.92 Å². The van der Waals surface area contributed by atoms with Crippen LogP contribution in [-0.4, -0.2) is 8.42 Å². The van der Waals surface area contributed by atoms with Crippen LogP contribution < -0.4 is 4.72 Å². The number of hydrogen-bond acceptors (Lipinski definition) is 2. The van der Waals surface area contributed by atoms with Crippen molar-refractivity contribution in [3.63, 3.8) is 0 Å². The number of benzene rings is 1. The summed E-state index contributed by atoms with van der Waals surface area (Å²) < 4.78 is 25.4. The summed E-state index contributed by atoms with van der Waals surface area (Å²) in [4.78, 5) is 0. The summed E-state index contributed by atoms with van der Waals surface area (Å²) in [5.41, 5.74) is 2.68. The van der Waals surface area contributed by atoms with Crippen LogP contribution in [0.3, 0.4) is 0 Å². The molecule has 0 fully saturated rings. The van der Waals surface area contributed by atoms with Gasteiger partial charge in [0, 0.05) is 0 Å². The van der Waals surface area contributed by atoms with Gasteiger partial charge < -0.3 is 0 Å². The van der Waals surface area contributed by atoms with Crippen molar-refractivity contribution in [2.75, 3.05) is 4.72 Å². The molecule has 1 atom stereocenters. The second kappa shape index (κ2) is 2.48. The van der Waals surface area contributed by atoms with Gasteiger partial charge in [0.2, 0.25) is 10.0 Å². The Balaban J connectivity index is 2.64. The van der Waals surface area contributed by atoms with E-state index in [0.717, 1.165) is 16.8 Å². The fraction of sp³-hybridized carbons (Fsp3) is 0.333. The normalized spacial score (nSPS) is 23.7. The first-order chi connectivity index (χ1) is 6.00. The smallest absolute Gasteiger partial charge is 0.239 e. The minimum absolute atomic E-state index is 0.428. The van der Waals surface area contributed by atoms with Crippen molar-refractivity contribution in [3.8, 4) is 0 Å². The fourth-order valence-corrected chi connectivity index (χ4v) is 2.72. The van der Waals surface area contributed by atoms with Gasteiger partial charge in [-0.05, 0) is 25.5 Å². The standard InChI is InChI=1S/C9H11NO2S/c1-6-3-4-9-8(5-6)7(2)13(11,12)10-9/h3-5,7,10H,1-2H3/t7-/m1/s1. The molecule has 1 aromatic rings. The molecule has 0 saturated heterocycles. The Kier molecular flexibility index (Phi) is 1.63. The van der Waals surface area contributed by atoms with Crippen LogP contribution in [0.5, 0.6) is 0 Å². The fourth-order valence-electron chi connectivity index (χ4n) is 1.52. The van der Waals surface area contributed by atoms with E-state index in [1.807, 2.05) is 25.1 Å². The minimum atomic E-state index is -3.15. The zero-order valence-electron chi connectivity index (χ0n) is 7.53. The van der Waals surface area contributed by atoms with Crippen LogP contribution >= 0.6 is 0 Å². The summed E-state index contributed by atoms with van der Waals surface area (Å²) in [6.07, 6.45) is 0. The molecule has 1 N–H and O–H groups in total. The third-order valence-corrected chi connectivity index (χ3v) is 4.05. The molecule has 2 rings (SSSR count). The zero-order chi connectivity index (χ0) is 9.64. The molecule has 0 unspecified atom stereocenters. The van der Waals surface area contributed by atoms with Gasteiger partial charge in [-0.15, -0.1) is 0 Å². The van der Waals surface area contributed by atoms with E-state index in [2.05, 4.69) is 4.72 Å². The van der Waals surface area contributed by atoms with Crippen LogP contribution in [0.15, 0.2) is 18.2 Å². The minimum Gasteiger partial charge on any atom is -0.283 e. The zero-order valence-corrected chi connectivity index (χ0v) is 8.35. The van der Waals surface area contributed by atoms with Crippen molar-refractivity contribution in [2.45, 2.75) is 19.1 Å². The second-order valence-corrected chi connectivity index (χ2v) is 5.38. The average molecular weight is 197 g/mol. The van der Waals surface area contributed by atoms with Gasteiger partial charge in [-0.25, -0.2) is 8.42 Å². The van der Waals surface area contributed by atoms with E-state index >= 15 is 0 Å². The number of anilines is 1. The van der Waals surface area contributed by atoms with E-state index in [1.165, 1.54) is 0 Å². The molecular formula is C9H11NO2S. The van der Waals surface area contributed by atoms with Crippen molar-refractivity contribution >= 4 is 15.7 Å². The highest BCUT2D eigenvalue weighted by molar-refractivity contribution is 7.93. The van der Waals surface area contributed by atoms with Crippen LogP contribution in [0.4, 0.5) is 5.69 Å². The van der Waals surface area contributed by atoms with Crippen molar-refractivity contribution in [1.29, 1.82) is 0 Å². The van der Waals surface area contributed by atoms with Crippen LogP contribution in [0.1, 0.15) is 23.3 Å². The Morgan fingerprint density at radius 3 is 2.77 bits per heavy atom. The van der Waals surface area contributed by atoms with Gasteiger partial charge in [-0.2, -0.15) is 0 Å². The predicted molar refractivity (Wildman–Crippen MR) is 52.1 cm³/mol. The van der Waals surface area contributed by atoms with E-state index in [-0.39, 0.29) is 0 Å². The number of hydrogen-bond donors (Lipinski definition) is 1. The van der Waals surface area contributed by atoms with Crippen LogP contribution in [-0.2, 0) is 10.0 Å². The lowest BCUT2D eigenvalue weighted by Crippen LogP contribution is -2.09. The van der Waals surface area contributed by atoms with Crippen molar-refractivity contribution in [1.82, 2.24) is 0 Å². The Labute approximate surface area is 77.8 Å². The Morgan fingerprint density at radius 1 is 1.38 bits per heavy atom. The van der Waals surface area contributed by atoms with Gasteiger partial charge in [-0.3, -0.25) is 4.72 Å². The molecule has 4 heteroatoms. The topological polar surface area (TPSA) is 46.2 Å². The third kappa shape index (κ3) is 1.21. The lowest BCUT2D eigenvalue weighted by atomic mass is 10.1. The predicted octanol–water partition coefficient (Wildman–Crippen LogP) is 1.81. The van der Waals surface area contributed by atoms with Gasteiger partial charge in [0.05, 0.1) is 5.69 Å². The highest BCUT2D eigenvalue weighted by atomic mass is 32.2. The highest BCUT2D eigenvalue weighted by Gasteiger charge is 2.32. The van der Waals surface area contributed by atoms with Crippen LogP contribution in [0.25, 0.3) is 0 Å². The van der Waals surface area contributed by atoms with E-state index in [4.69, 9.17) is 0 Å². The molecule has 0 bridgehead atoms. The third-order valence-electron chi connectivity index (χ3n) is 2.36. The van der Waals surface area contributed by atoms with Gasteiger partial charge in [0.25, 0.3) is 0 Å². The van der Waals surface area contributed by atoms with Crippen LogP contribution in [0.2, 0.25) is 0 Å². The van der Waals surface area contributed by atoms with Gasteiger partial charge in [0.15, 0.2) is 0 Å². The second-order valence-electron chi connectivity index (χ2n) is 3.38. The van der Waals surface area contributed by atoms with E-state index in [0.29, 0.717) is 0 Å². The van der Waals surface area contributed by atoms with Gasteiger partial charge in [0.1, 0.15) is 5.25 Å².